The number of halogens is 2. The van der Waals surface area contributed by atoms with Gasteiger partial charge in [-0.05, 0) is 30.3 Å². The van der Waals surface area contributed by atoms with Gasteiger partial charge >= 0.3 is 0 Å². The van der Waals surface area contributed by atoms with Gasteiger partial charge in [-0.15, -0.1) is 11.6 Å². The van der Waals surface area contributed by atoms with Gasteiger partial charge in [0.15, 0.2) is 5.76 Å². The van der Waals surface area contributed by atoms with Crippen LogP contribution in [0.5, 0.6) is 5.75 Å². The van der Waals surface area contributed by atoms with Gasteiger partial charge in [0, 0.05) is 24.2 Å². The summed E-state index contributed by atoms with van der Waals surface area (Å²) in [6, 6.07) is 8.59. The van der Waals surface area contributed by atoms with E-state index in [9.17, 15) is 4.79 Å². The maximum absolute atomic E-state index is 12.3. The highest BCUT2D eigenvalue weighted by molar-refractivity contribution is 6.30. The Bertz CT molecular complexity index is 640. The summed E-state index contributed by atoms with van der Waals surface area (Å²) in [7, 11) is 3.26. The van der Waals surface area contributed by atoms with Crippen molar-refractivity contribution >= 4 is 29.1 Å². The summed E-state index contributed by atoms with van der Waals surface area (Å²) in [4.78, 5) is 13.8. The molecule has 112 valence electrons. The number of rotatable bonds is 5. The first-order valence-corrected chi connectivity index (χ1v) is 7.19. The molecule has 1 amide bonds. The molecule has 21 heavy (non-hydrogen) atoms. The number of amides is 1. The van der Waals surface area contributed by atoms with E-state index in [1.807, 2.05) is 0 Å². The molecular formula is C15H15Cl2NO3. The molecule has 0 saturated carbocycles. The van der Waals surface area contributed by atoms with E-state index in [4.69, 9.17) is 32.4 Å². The molecule has 0 fully saturated rings. The van der Waals surface area contributed by atoms with Crippen LogP contribution in [0.3, 0.4) is 0 Å². The summed E-state index contributed by atoms with van der Waals surface area (Å²) >= 11 is 11.6. The number of methoxy groups -OCH3 is 1. The SMILES string of the molecule is COc1ccc(Cl)cc1CN(C)C(=O)c1ccc(CCl)o1. The van der Waals surface area contributed by atoms with Crippen LogP contribution in [0.1, 0.15) is 21.9 Å². The average Bonchev–Trinajstić information content (AvgIpc) is 2.95. The van der Waals surface area contributed by atoms with Crippen molar-refractivity contribution in [2.45, 2.75) is 12.4 Å². The molecule has 0 aliphatic rings. The monoisotopic (exact) mass is 327 g/mol. The van der Waals surface area contributed by atoms with Crippen molar-refractivity contribution in [1.82, 2.24) is 4.90 Å². The third-order valence-corrected chi connectivity index (χ3v) is 3.50. The Morgan fingerprint density at radius 2 is 2.10 bits per heavy atom. The number of hydrogen-bond donors (Lipinski definition) is 0. The van der Waals surface area contributed by atoms with E-state index in [2.05, 4.69) is 0 Å². The zero-order valence-corrected chi connectivity index (χ0v) is 13.2. The molecule has 0 saturated heterocycles. The van der Waals surface area contributed by atoms with Gasteiger partial charge in [0.25, 0.3) is 5.91 Å². The number of nitrogens with zero attached hydrogens (tertiary/aromatic N) is 1. The van der Waals surface area contributed by atoms with Crippen LogP contribution in [0.2, 0.25) is 5.02 Å². The largest absolute Gasteiger partial charge is 0.496 e. The molecule has 0 N–H and O–H groups in total. The molecule has 0 radical (unpaired) electrons. The Morgan fingerprint density at radius 3 is 2.71 bits per heavy atom. The highest BCUT2D eigenvalue weighted by Gasteiger charge is 2.17. The smallest absolute Gasteiger partial charge is 0.289 e. The number of alkyl halides is 1. The molecular weight excluding hydrogens is 313 g/mol. The van der Waals surface area contributed by atoms with Crippen molar-refractivity contribution in [3.63, 3.8) is 0 Å². The fourth-order valence-corrected chi connectivity index (χ4v) is 2.29. The van der Waals surface area contributed by atoms with Crippen molar-refractivity contribution in [3.05, 3.63) is 52.4 Å². The summed E-state index contributed by atoms with van der Waals surface area (Å²) in [5.41, 5.74) is 0.824. The number of carbonyl (C=O) groups excluding carboxylic acids is 1. The predicted molar refractivity (Wildman–Crippen MR) is 82.1 cm³/mol. The first-order valence-electron chi connectivity index (χ1n) is 6.27. The van der Waals surface area contributed by atoms with Crippen molar-refractivity contribution < 1.29 is 13.9 Å². The normalized spacial score (nSPS) is 10.5. The second kappa shape index (κ2) is 6.87. The maximum Gasteiger partial charge on any atom is 0.289 e. The van der Waals surface area contributed by atoms with E-state index in [1.54, 1.807) is 44.5 Å². The fraction of sp³-hybridized carbons (Fsp3) is 0.267. The maximum atomic E-state index is 12.3. The van der Waals surface area contributed by atoms with Crippen LogP contribution in [0.4, 0.5) is 0 Å². The van der Waals surface area contributed by atoms with E-state index in [1.165, 1.54) is 4.90 Å². The minimum atomic E-state index is -0.228. The molecule has 1 aromatic heterocycles. The van der Waals surface area contributed by atoms with Gasteiger partial charge in [0.1, 0.15) is 11.5 Å². The number of hydrogen-bond acceptors (Lipinski definition) is 3. The molecule has 1 heterocycles. The van der Waals surface area contributed by atoms with E-state index in [-0.39, 0.29) is 17.5 Å². The molecule has 0 aliphatic heterocycles. The summed E-state index contributed by atoms with van der Waals surface area (Å²) in [5.74, 6) is 1.51. The summed E-state index contributed by atoms with van der Waals surface area (Å²) in [6.07, 6.45) is 0. The topological polar surface area (TPSA) is 42.7 Å². The van der Waals surface area contributed by atoms with Crippen LogP contribution in [-0.4, -0.2) is 25.0 Å². The zero-order chi connectivity index (χ0) is 15.4. The lowest BCUT2D eigenvalue weighted by Gasteiger charge is -2.18. The van der Waals surface area contributed by atoms with Crippen LogP contribution in [0.15, 0.2) is 34.7 Å². The van der Waals surface area contributed by atoms with Crippen LogP contribution in [0, 0.1) is 0 Å². The number of ether oxygens (including phenoxy) is 1. The molecule has 0 atom stereocenters. The van der Waals surface area contributed by atoms with E-state index in [0.717, 1.165) is 5.56 Å². The van der Waals surface area contributed by atoms with Crippen LogP contribution in [0.25, 0.3) is 0 Å². The van der Waals surface area contributed by atoms with Gasteiger partial charge in [0.2, 0.25) is 0 Å². The van der Waals surface area contributed by atoms with E-state index < -0.39 is 0 Å². The lowest BCUT2D eigenvalue weighted by molar-refractivity contribution is 0.0751. The Hall–Kier alpha value is -1.65. The van der Waals surface area contributed by atoms with Gasteiger partial charge in [-0.25, -0.2) is 0 Å². The van der Waals surface area contributed by atoms with Crippen LogP contribution >= 0.6 is 23.2 Å². The first kappa shape index (κ1) is 15.7. The second-order valence-corrected chi connectivity index (χ2v) is 5.22. The summed E-state index contributed by atoms with van der Waals surface area (Å²) in [6.45, 7) is 0.361. The minimum absolute atomic E-state index is 0.228. The van der Waals surface area contributed by atoms with E-state index >= 15 is 0 Å². The second-order valence-electron chi connectivity index (χ2n) is 4.52. The van der Waals surface area contributed by atoms with Gasteiger partial charge in [0.05, 0.1) is 13.0 Å². The van der Waals surface area contributed by atoms with Crippen molar-refractivity contribution in [1.29, 1.82) is 0 Å². The molecule has 6 heteroatoms. The molecule has 2 rings (SSSR count). The third kappa shape index (κ3) is 3.71. The quantitative estimate of drug-likeness (QED) is 0.781. The Labute approximate surface area is 133 Å². The third-order valence-electron chi connectivity index (χ3n) is 3.00. The number of furan rings is 1. The molecule has 0 aliphatic carbocycles. The lowest BCUT2D eigenvalue weighted by Crippen LogP contribution is -2.26. The van der Waals surface area contributed by atoms with Gasteiger partial charge < -0.3 is 14.1 Å². The van der Waals surface area contributed by atoms with E-state index in [0.29, 0.717) is 23.1 Å². The Kier molecular flexibility index (Phi) is 5.15. The van der Waals surface area contributed by atoms with Gasteiger partial charge in [-0.3, -0.25) is 4.79 Å². The molecule has 4 nitrogen and oxygen atoms in total. The summed E-state index contributed by atoms with van der Waals surface area (Å²) in [5, 5.41) is 0.592. The highest BCUT2D eigenvalue weighted by Crippen LogP contribution is 2.24. The summed E-state index contributed by atoms with van der Waals surface area (Å²) < 4.78 is 10.6. The molecule has 0 spiro atoms. The Morgan fingerprint density at radius 1 is 1.33 bits per heavy atom. The number of benzene rings is 1. The van der Waals surface area contributed by atoms with Crippen molar-refractivity contribution in [3.8, 4) is 5.75 Å². The van der Waals surface area contributed by atoms with Crippen molar-refractivity contribution in [2.24, 2.45) is 0 Å². The number of carbonyl (C=O) groups is 1. The molecule has 2 aromatic rings. The molecule has 0 unspecified atom stereocenters. The molecule has 0 bridgehead atoms. The van der Waals surface area contributed by atoms with Crippen LogP contribution < -0.4 is 4.74 Å². The Balaban J connectivity index is 2.15. The van der Waals surface area contributed by atoms with Gasteiger partial charge in [-0.2, -0.15) is 0 Å². The average molecular weight is 328 g/mol. The zero-order valence-electron chi connectivity index (χ0n) is 11.7. The predicted octanol–water partition coefficient (Wildman–Crippen LogP) is 3.95. The first-order chi connectivity index (χ1) is 10.0. The standard InChI is InChI=1S/C15H15Cl2NO3/c1-18(15(19)14-6-4-12(8-16)21-14)9-10-7-11(17)3-5-13(10)20-2/h3-7H,8-9H2,1-2H3. The highest BCUT2D eigenvalue weighted by atomic mass is 35.5. The minimum Gasteiger partial charge on any atom is -0.496 e. The van der Waals surface area contributed by atoms with Crippen molar-refractivity contribution in [2.75, 3.05) is 14.2 Å². The fourth-order valence-electron chi connectivity index (χ4n) is 1.95. The van der Waals surface area contributed by atoms with Gasteiger partial charge in [-0.1, -0.05) is 11.6 Å². The lowest BCUT2D eigenvalue weighted by atomic mass is 10.2. The van der Waals surface area contributed by atoms with Crippen LogP contribution in [-0.2, 0) is 12.4 Å². The molecule has 1 aromatic carbocycles.